The second kappa shape index (κ2) is 6.60. The fourth-order valence-corrected chi connectivity index (χ4v) is 1.19. The number of nitrogens with one attached hydrogen (secondary N) is 1. The molecule has 0 spiro atoms. The SMILES string of the molecule is CN(C)CC(C)(O)CNC(=O)OCCO. The van der Waals surface area contributed by atoms with Crippen molar-refractivity contribution < 1.29 is 19.7 Å². The average molecular weight is 220 g/mol. The van der Waals surface area contributed by atoms with Gasteiger partial charge in [-0.3, -0.25) is 0 Å². The van der Waals surface area contributed by atoms with Crippen molar-refractivity contribution in [3.8, 4) is 0 Å². The van der Waals surface area contributed by atoms with Gasteiger partial charge >= 0.3 is 6.09 Å². The molecule has 0 aromatic rings. The molecule has 6 heteroatoms. The van der Waals surface area contributed by atoms with E-state index >= 15 is 0 Å². The first kappa shape index (κ1) is 14.2. The lowest BCUT2D eigenvalue weighted by molar-refractivity contribution is 0.0314. The number of hydrogen-bond acceptors (Lipinski definition) is 5. The fourth-order valence-electron chi connectivity index (χ4n) is 1.19. The minimum atomic E-state index is -0.998. The zero-order valence-electron chi connectivity index (χ0n) is 9.49. The third-order valence-corrected chi connectivity index (χ3v) is 1.59. The van der Waals surface area contributed by atoms with Crippen LogP contribution in [-0.2, 0) is 4.74 Å². The Morgan fingerprint density at radius 3 is 2.60 bits per heavy atom. The van der Waals surface area contributed by atoms with E-state index in [0.29, 0.717) is 6.54 Å². The van der Waals surface area contributed by atoms with E-state index in [4.69, 9.17) is 5.11 Å². The van der Waals surface area contributed by atoms with E-state index in [0.717, 1.165) is 0 Å². The van der Waals surface area contributed by atoms with Gasteiger partial charge in [0, 0.05) is 6.54 Å². The third-order valence-electron chi connectivity index (χ3n) is 1.59. The van der Waals surface area contributed by atoms with E-state index in [-0.39, 0.29) is 19.8 Å². The first-order valence-corrected chi connectivity index (χ1v) is 4.76. The fraction of sp³-hybridized carbons (Fsp3) is 0.889. The van der Waals surface area contributed by atoms with Crippen molar-refractivity contribution in [2.75, 3.05) is 40.4 Å². The molecule has 0 rings (SSSR count). The highest BCUT2D eigenvalue weighted by Gasteiger charge is 2.22. The number of alkyl carbamates (subject to hydrolysis) is 1. The second-order valence-corrected chi connectivity index (χ2v) is 3.95. The summed E-state index contributed by atoms with van der Waals surface area (Å²) in [5.74, 6) is 0. The van der Waals surface area contributed by atoms with Crippen LogP contribution in [0.2, 0.25) is 0 Å². The molecule has 6 nitrogen and oxygen atoms in total. The molecule has 1 atom stereocenters. The van der Waals surface area contributed by atoms with Crippen LogP contribution >= 0.6 is 0 Å². The molecule has 0 aliphatic carbocycles. The molecule has 15 heavy (non-hydrogen) atoms. The summed E-state index contributed by atoms with van der Waals surface area (Å²) in [7, 11) is 3.66. The van der Waals surface area contributed by atoms with Gasteiger partial charge in [-0.05, 0) is 21.0 Å². The minimum absolute atomic E-state index is 0.0400. The Kier molecular flexibility index (Phi) is 6.23. The van der Waals surface area contributed by atoms with Gasteiger partial charge in [-0.25, -0.2) is 4.79 Å². The maximum atomic E-state index is 11.0. The number of nitrogens with zero attached hydrogens (tertiary/aromatic N) is 1. The van der Waals surface area contributed by atoms with E-state index in [1.807, 2.05) is 19.0 Å². The summed E-state index contributed by atoms with van der Waals surface area (Å²) in [6.07, 6.45) is -0.636. The van der Waals surface area contributed by atoms with Gasteiger partial charge in [0.15, 0.2) is 0 Å². The smallest absolute Gasteiger partial charge is 0.407 e. The Morgan fingerprint density at radius 2 is 2.13 bits per heavy atom. The molecule has 3 N–H and O–H groups in total. The average Bonchev–Trinajstić information content (AvgIpc) is 2.09. The van der Waals surface area contributed by atoms with E-state index in [2.05, 4.69) is 10.1 Å². The van der Waals surface area contributed by atoms with Crippen LogP contribution in [0.5, 0.6) is 0 Å². The number of rotatable bonds is 6. The van der Waals surface area contributed by atoms with Crippen LogP contribution in [0, 0.1) is 0 Å². The summed E-state index contributed by atoms with van der Waals surface area (Å²) in [5.41, 5.74) is -0.998. The zero-order chi connectivity index (χ0) is 11.9. The molecule has 0 fully saturated rings. The van der Waals surface area contributed by atoms with Gasteiger partial charge in [-0.15, -0.1) is 0 Å². The standard InChI is InChI=1S/C9H20N2O4/c1-9(14,7-11(2)3)6-10-8(13)15-5-4-12/h12,14H,4-7H2,1-3H3,(H,10,13). The highest BCUT2D eigenvalue weighted by Crippen LogP contribution is 2.02. The molecular weight excluding hydrogens is 200 g/mol. The normalized spacial score (nSPS) is 14.8. The maximum absolute atomic E-state index is 11.0. The van der Waals surface area contributed by atoms with Crippen LogP contribution in [0.3, 0.4) is 0 Å². The zero-order valence-corrected chi connectivity index (χ0v) is 9.49. The highest BCUT2D eigenvalue weighted by molar-refractivity contribution is 5.67. The van der Waals surface area contributed by atoms with Crippen molar-refractivity contribution >= 4 is 6.09 Å². The first-order chi connectivity index (χ1) is 6.87. The summed E-state index contributed by atoms with van der Waals surface area (Å²) in [5, 5.41) is 20.6. The van der Waals surface area contributed by atoms with Crippen molar-refractivity contribution in [2.24, 2.45) is 0 Å². The van der Waals surface area contributed by atoms with Gasteiger partial charge in [0.25, 0.3) is 0 Å². The highest BCUT2D eigenvalue weighted by atomic mass is 16.6. The van der Waals surface area contributed by atoms with Crippen molar-refractivity contribution in [1.82, 2.24) is 10.2 Å². The van der Waals surface area contributed by atoms with Crippen LogP contribution in [0.4, 0.5) is 4.79 Å². The molecule has 0 aromatic heterocycles. The molecule has 90 valence electrons. The van der Waals surface area contributed by atoms with Gasteiger partial charge in [0.05, 0.1) is 18.8 Å². The number of aliphatic hydroxyl groups excluding tert-OH is 1. The van der Waals surface area contributed by atoms with Crippen molar-refractivity contribution in [1.29, 1.82) is 0 Å². The summed E-state index contributed by atoms with van der Waals surface area (Å²) >= 11 is 0. The van der Waals surface area contributed by atoms with Crippen LogP contribution in [0.15, 0.2) is 0 Å². The number of likely N-dealkylation sites (N-methyl/N-ethyl adjacent to an activating group) is 1. The molecule has 0 aliphatic heterocycles. The largest absolute Gasteiger partial charge is 0.447 e. The third kappa shape index (κ3) is 8.17. The summed E-state index contributed by atoms with van der Waals surface area (Å²) in [6.45, 7) is 1.92. The van der Waals surface area contributed by atoms with Crippen LogP contribution < -0.4 is 5.32 Å². The van der Waals surface area contributed by atoms with E-state index in [1.165, 1.54) is 0 Å². The van der Waals surface area contributed by atoms with Crippen LogP contribution in [-0.4, -0.2) is 67.2 Å². The van der Waals surface area contributed by atoms with E-state index in [1.54, 1.807) is 6.92 Å². The lowest BCUT2D eigenvalue weighted by atomic mass is 10.1. The molecule has 0 saturated heterocycles. The molecule has 0 heterocycles. The van der Waals surface area contributed by atoms with E-state index < -0.39 is 11.7 Å². The molecule has 0 bridgehead atoms. The van der Waals surface area contributed by atoms with Gasteiger partial charge in [0.2, 0.25) is 0 Å². The van der Waals surface area contributed by atoms with Crippen molar-refractivity contribution in [3.63, 3.8) is 0 Å². The number of carbonyl (C=O) groups is 1. The van der Waals surface area contributed by atoms with Gasteiger partial charge in [-0.1, -0.05) is 0 Å². The van der Waals surface area contributed by atoms with Crippen LogP contribution in [0.25, 0.3) is 0 Å². The van der Waals surface area contributed by atoms with Crippen molar-refractivity contribution in [2.45, 2.75) is 12.5 Å². The molecular formula is C9H20N2O4. The Balaban J connectivity index is 3.77. The number of hydrogen-bond donors (Lipinski definition) is 3. The van der Waals surface area contributed by atoms with Crippen molar-refractivity contribution in [3.05, 3.63) is 0 Å². The van der Waals surface area contributed by atoms with Crippen LogP contribution in [0.1, 0.15) is 6.92 Å². The molecule has 1 unspecified atom stereocenters. The molecule has 0 aliphatic rings. The maximum Gasteiger partial charge on any atom is 0.407 e. The molecule has 0 aromatic carbocycles. The van der Waals surface area contributed by atoms with Gasteiger partial charge in [0.1, 0.15) is 6.61 Å². The Bertz CT molecular complexity index is 195. The van der Waals surface area contributed by atoms with Gasteiger partial charge in [-0.2, -0.15) is 0 Å². The lowest BCUT2D eigenvalue weighted by Crippen LogP contribution is -2.47. The van der Waals surface area contributed by atoms with Gasteiger partial charge < -0.3 is 25.2 Å². The summed E-state index contributed by atoms with van der Waals surface area (Å²) < 4.78 is 4.57. The monoisotopic (exact) mass is 220 g/mol. The molecule has 0 radical (unpaired) electrons. The Hall–Kier alpha value is -0.850. The number of aliphatic hydroxyl groups is 2. The quantitative estimate of drug-likeness (QED) is 0.536. The second-order valence-electron chi connectivity index (χ2n) is 3.95. The number of ether oxygens (including phenoxy) is 1. The number of amides is 1. The topological polar surface area (TPSA) is 82.0 Å². The molecule has 0 saturated carbocycles. The Labute approximate surface area is 89.8 Å². The lowest BCUT2D eigenvalue weighted by Gasteiger charge is -2.26. The number of carbonyl (C=O) groups excluding carboxylic acids is 1. The first-order valence-electron chi connectivity index (χ1n) is 4.76. The van der Waals surface area contributed by atoms with E-state index in [9.17, 15) is 9.90 Å². The minimum Gasteiger partial charge on any atom is -0.447 e. The predicted octanol–water partition coefficient (Wildman–Crippen LogP) is -0.982. The molecule has 1 amide bonds. The predicted molar refractivity (Wildman–Crippen MR) is 55.6 cm³/mol. The summed E-state index contributed by atoms with van der Waals surface area (Å²) in [4.78, 5) is 12.8. The summed E-state index contributed by atoms with van der Waals surface area (Å²) in [6, 6.07) is 0. The Morgan fingerprint density at radius 1 is 1.53 bits per heavy atom.